The van der Waals surface area contributed by atoms with Gasteiger partial charge in [0.2, 0.25) is 5.91 Å². The lowest BCUT2D eigenvalue weighted by molar-refractivity contribution is -0.870. The number of unbranched alkanes of at least 4 members (excludes halogenated alkanes) is 15. The standard InChI is InChI=1S/C56H97N2O7P/c1-7-10-13-16-19-22-25-27-28-29-31-33-36-39-42-45-48-55(59)57-53(52-64-66(61,62)63-51-50-58(4,5)6)54(47-44-41-38-35-32-24-21-18-15-12-9-3)65-56(60)49-46-43-40-37-34-30-26-23-20-17-14-11-8-2/h10,13,19,22,27-28,30-31,33-34,39-40,42-44,47,53-54H,7-9,11-12,14-18,20-21,23-26,29,32,35-38,41,45-46,48-52H2,1-6H3,(H-,57,59,61,62)/b13-10+,22-19+,28-27+,33-31+,34-30-,42-39+,43-40+,47-44+. The van der Waals surface area contributed by atoms with Gasteiger partial charge >= 0.3 is 5.97 Å². The molecule has 0 heterocycles. The van der Waals surface area contributed by atoms with Gasteiger partial charge in [-0.3, -0.25) is 14.2 Å². The van der Waals surface area contributed by atoms with Crippen molar-refractivity contribution < 1.29 is 37.3 Å². The van der Waals surface area contributed by atoms with Crippen molar-refractivity contribution in [2.24, 2.45) is 0 Å². The number of likely N-dealkylation sites (N-methyl/N-ethyl adjacent to an activating group) is 1. The van der Waals surface area contributed by atoms with Crippen LogP contribution in [0.25, 0.3) is 0 Å². The molecule has 0 spiro atoms. The van der Waals surface area contributed by atoms with Crippen molar-refractivity contribution in [3.8, 4) is 0 Å². The summed E-state index contributed by atoms with van der Waals surface area (Å²) in [5.41, 5.74) is 0. The van der Waals surface area contributed by atoms with Crippen LogP contribution in [0.5, 0.6) is 0 Å². The van der Waals surface area contributed by atoms with E-state index in [1.165, 1.54) is 83.5 Å². The lowest BCUT2D eigenvalue weighted by Gasteiger charge is -2.30. The van der Waals surface area contributed by atoms with Crippen LogP contribution in [0.1, 0.15) is 194 Å². The summed E-state index contributed by atoms with van der Waals surface area (Å²) < 4.78 is 30.0. The maximum absolute atomic E-state index is 13.4. The van der Waals surface area contributed by atoms with Crippen molar-refractivity contribution in [3.63, 3.8) is 0 Å². The summed E-state index contributed by atoms with van der Waals surface area (Å²) in [7, 11) is 1.10. The van der Waals surface area contributed by atoms with Crippen molar-refractivity contribution in [2.75, 3.05) is 40.9 Å². The predicted octanol–water partition coefficient (Wildman–Crippen LogP) is 14.6. The number of phosphoric ester groups is 1. The molecule has 0 aliphatic rings. The highest BCUT2D eigenvalue weighted by Gasteiger charge is 2.27. The van der Waals surface area contributed by atoms with Gasteiger partial charge in [0, 0.05) is 12.8 Å². The number of carbonyl (C=O) groups excluding carboxylic acids is 2. The minimum absolute atomic E-state index is 0.0476. The van der Waals surface area contributed by atoms with E-state index in [2.05, 4.69) is 92.9 Å². The first-order chi connectivity index (χ1) is 31.9. The molecule has 0 aromatic rings. The third-order valence-corrected chi connectivity index (χ3v) is 11.7. The van der Waals surface area contributed by atoms with Crippen LogP contribution in [-0.2, 0) is 27.9 Å². The summed E-state index contributed by atoms with van der Waals surface area (Å²) in [6, 6.07) is -0.953. The maximum atomic E-state index is 13.4. The summed E-state index contributed by atoms with van der Waals surface area (Å²) >= 11 is 0. The number of esters is 1. The molecule has 0 rings (SSSR count). The highest BCUT2D eigenvalue weighted by molar-refractivity contribution is 7.45. The van der Waals surface area contributed by atoms with E-state index in [0.717, 1.165) is 64.2 Å². The largest absolute Gasteiger partial charge is 0.756 e. The maximum Gasteiger partial charge on any atom is 0.306 e. The van der Waals surface area contributed by atoms with Crippen LogP contribution in [0, 0.1) is 0 Å². The highest BCUT2D eigenvalue weighted by Crippen LogP contribution is 2.38. The van der Waals surface area contributed by atoms with Gasteiger partial charge in [0.1, 0.15) is 19.3 Å². The number of hydrogen-bond acceptors (Lipinski definition) is 7. The van der Waals surface area contributed by atoms with Gasteiger partial charge in [-0.15, -0.1) is 0 Å². The van der Waals surface area contributed by atoms with Crippen LogP contribution >= 0.6 is 7.82 Å². The van der Waals surface area contributed by atoms with Gasteiger partial charge in [-0.1, -0.05) is 195 Å². The molecule has 378 valence electrons. The normalized spacial score (nSPS) is 14.7. The van der Waals surface area contributed by atoms with Gasteiger partial charge in [-0.2, -0.15) is 0 Å². The molecule has 1 N–H and O–H groups in total. The Labute approximate surface area is 405 Å². The molecule has 0 bridgehead atoms. The zero-order chi connectivity index (χ0) is 48.7. The average molecular weight is 941 g/mol. The number of allylic oxidation sites excluding steroid dienone is 15. The Morgan fingerprint density at radius 1 is 0.545 bits per heavy atom. The lowest BCUT2D eigenvalue weighted by Crippen LogP contribution is -2.47. The molecule has 0 aliphatic heterocycles. The van der Waals surface area contributed by atoms with Crippen molar-refractivity contribution in [3.05, 3.63) is 97.2 Å². The molecule has 0 aliphatic carbocycles. The second-order valence-corrected chi connectivity index (χ2v) is 19.7. The van der Waals surface area contributed by atoms with Crippen molar-refractivity contribution >= 4 is 19.7 Å². The molecule has 0 saturated heterocycles. The van der Waals surface area contributed by atoms with E-state index < -0.39 is 32.5 Å². The second kappa shape index (κ2) is 45.7. The van der Waals surface area contributed by atoms with Crippen LogP contribution in [0.2, 0.25) is 0 Å². The van der Waals surface area contributed by atoms with Gasteiger partial charge in [-0.25, -0.2) is 0 Å². The molecule has 10 heteroatoms. The quantitative estimate of drug-likeness (QED) is 0.0213. The summed E-state index contributed by atoms with van der Waals surface area (Å²) in [6.45, 7) is 6.58. The number of carbonyl (C=O) groups is 2. The van der Waals surface area contributed by atoms with Crippen molar-refractivity contribution in [2.45, 2.75) is 206 Å². The highest BCUT2D eigenvalue weighted by atomic mass is 31.2. The first kappa shape index (κ1) is 62.9. The van der Waals surface area contributed by atoms with E-state index in [-0.39, 0.29) is 25.4 Å². The predicted molar refractivity (Wildman–Crippen MR) is 279 cm³/mol. The SMILES string of the molecule is CC/C=C/C/C=C/C/C=C/C/C=C/C/C=C/CCC(=O)NC(COP(=O)([O-])OCC[N+](C)(C)C)C(/C=C/CCCCCCCCCCC)OC(=O)CC/C=C/C/C=C\CCCCCCCC. The third kappa shape index (κ3) is 46.1. The molecule has 0 aromatic heterocycles. The number of hydrogen-bond donors (Lipinski definition) is 1. The molecule has 66 heavy (non-hydrogen) atoms. The fraction of sp³-hybridized carbons (Fsp3) is 0.679. The zero-order valence-corrected chi connectivity index (χ0v) is 43.8. The van der Waals surface area contributed by atoms with Gasteiger partial charge < -0.3 is 28.5 Å². The van der Waals surface area contributed by atoms with Gasteiger partial charge in [0.05, 0.1) is 33.8 Å². The first-order valence-electron chi connectivity index (χ1n) is 26.0. The molecule has 3 atom stereocenters. The topological polar surface area (TPSA) is 114 Å². The Hall–Kier alpha value is -3.07. The summed E-state index contributed by atoms with van der Waals surface area (Å²) in [6.07, 6.45) is 59.8. The van der Waals surface area contributed by atoms with Crippen LogP contribution in [0.3, 0.4) is 0 Å². The Bertz CT molecular complexity index is 1460. The van der Waals surface area contributed by atoms with Crippen molar-refractivity contribution in [1.82, 2.24) is 5.32 Å². The molecular formula is C56H97N2O7P. The zero-order valence-electron chi connectivity index (χ0n) is 42.9. The molecule has 9 nitrogen and oxygen atoms in total. The van der Waals surface area contributed by atoms with Gasteiger partial charge in [-0.05, 0) is 83.1 Å². The molecule has 0 saturated carbocycles. The van der Waals surface area contributed by atoms with Crippen LogP contribution in [-0.4, -0.2) is 69.4 Å². The number of ether oxygens (including phenoxy) is 1. The van der Waals surface area contributed by atoms with E-state index in [0.29, 0.717) is 23.9 Å². The molecule has 3 unspecified atom stereocenters. The van der Waals surface area contributed by atoms with E-state index >= 15 is 0 Å². The number of amides is 1. The minimum atomic E-state index is -4.72. The molecule has 1 amide bonds. The molecule has 0 radical (unpaired) electrons. The van der Waals surface area contributed by atoms with Crippen LogP contribution < -0.4 is 10.2 Å². The van der Waals surface area contributed by atoms with E-state index in [1.54, 1.807) is 6.08 Å². The lowest BCUT2D eigenvalue weighted by atomic mass is 10.1. The van der Waals surface area contributed by atoms with E-state index in [4.69, 9.17) is 13.8 Å². The number of rotatable bonds is 45. The Balaban J connectivity index is 5.61. The minimum Gasteiger partial charge on any atom is -0.756 e. The average Bonchev–Trinajstić information content (AvgIpc) is 3.27. The van der Waals surface area contributed by atoms with Crippen molar-refractivity contribution in [1.29, 1.82) is 0 Å². The first-order valence-corrected chi connectivity index (χ1v) is 27.5. The van der Waals surface area contributed by atoms with Gasteiger partial charge in [0.25, 0.3) is 7.82 Å². The van der Waals surface area contributed by atoms with E-state index in [1.807, 2.05) is 45.4 Å². The Kier molecular flexibility index (Phi) is 43.6. The van der Waals surface area contributed by atoms with Crippen LogP contribution in [0.15, 0.2) is 97.2 Å². The third-order valence-electron chi connectivity index (χ3n) is 10.8. The van der Waals surface area contributed by atoms with Crippen LogP contribution in [0.4, 0.5) is 0 Å². The summed E-state index contributed by atoms with van der Waals surface area (Å²) in [5, 5.41) is 2.94. The smallest absolute Gasteiger partial charge is 0.306 e. The number of phosphoric acid groups is 1. The Morgan fingerprint density at radius 3 is 1.45 bits per heavy atom. The number of quaternary nitrogens is 1. The molecule has 0 aromatic carbocycles. The summed E-state index contributed by atoms with van der Waals surface area (Å²) in [4.78, 5) is 39.6. The fourth-order valence-electron chi connectivity index (χ4n) is 6.74. The number of nitrogens with one attached hydrogen (secondary N) is 1. The number of nitrogens with zero attached hydrogens (tertiary/aromatic N) is 1. The second-order valence-electron chi connectivity index (χ2n) is 18.3. The Morgan fingerprint density at radius 2 is 0.970 bits per heavy atom. The summed E-state index contributed by atoms with van der Waals surface area (Å²) in [5.74, 6) is -0.726. The van der Waals surface area contributed by atoms with Gasteiger partial charge in [0.15, 0.2) is 0 Å². The molecular weight excluding hydrogens is 844 g/mol. The monoisotopic (exact) mass is 941 g/mol. The van der Waals surface area contributed by atoms with E-state index in [9.17, 15) is 19.0 Å². The fourth-order valence-corrected chi connectivity index (χ4v) is 7.46. The molecule has 0 fully saturated rings.